The van der Waals surface area contributed by atoms with E-state index in [1.54, 1.807) is 6.92 Å². The summed E-state index contributed by atoms with van der Waals surface area (Å²) in [5.41, 5.74) is 4.64. The van der Waals surface area contributed by atoms with Gasteiger partial charge in [-0.3, -0.25) is 4.79 Å². The molecule has 182 valence electrons. The van der Waals surface area contributed by atoms with Crippen molar-refractivity contribution in [3.8, 4) is 23.0 Å². The molecule has 3 N–H and O–H groups in total. The number of rotatable bonds is 7. The number of hydrogen-bond donors (Lipinski definition) is 3. The Kier molecular flexibility index (Phi) is 7.71. The molecule has 2 aliphatic rings. The predicted molar refractivity (Wildman–Crippen MR) is 132 cm³/mol. The molecule has 0 bridgehead atoms. The summed E-state index contributed by atoms with van der Waals surface area (Å²) in [4.78, 5) is 36.7. The third kappa shape index (κ3) is 5.65. The van der Waals surface area contributed by atoms with E-state index >= 15 is 0 Å². The minimum Gasteiger partial charge on any atom is -0.480 e. The van der Waals surface area contributed by atoms with Gasteiger partial charge in [-0.15, -0.1) is 11.8 Å². The van der Waals surface area contributed by atoms with Gasteiger partial charge in [0.2, 0.25) is 5.91 Å². The van der Waals surface area contributed by atoms with Crippen LogP contribution in [0, 0.1) is 17.8 Å². The Bertz CT molecular complexity index is 1120. The molecular weight excluding hydrogens is 444 g/mol. The molecule has 1 unspecified atom stereocenters. The number of hydrogen-bond acceptors (Lipinski definition) is 4. The van der Waals surface area contributed by atoms with Crippen molar-refractivity contribution in [2.45, 2.75) is 57.0 Å². The van der Waals surface area contributed by atoms with Crippen molar-refractivity contribution in [2.24, 2.45) is 5.92 Å². The lowest BCUT2D eigenvalue weighted by atomic mass is 9.85. The Morgan fingerprint density at radius 2 is 1.71 bits per heavy atom. The van der Waals surface area contributed by atoms with E-state index in [9.17, 15) is 19.5 Å². The fraction of sp³-hybridized carbons (Fsp3) is 0.393. The van der Waals surface area contributed by atoms with E-state index in [4.69, 9.17) is 4.74 Å². The first-order valence-electron chi connectivity index (χ1n) is 12.0. The normalized spacial score (nSPS) is 19.3. The molecule has 3 atom stereocenters. The molecule has 0 aliphatic heterocycles. The summed E-state index contributed by atoms with van der Waals surface area (Å²) in [6, 6.07) is 15.1. The monoisotopic (exact) mass is 474 g/mol. The van der Waals surface area contributed by atoms with Crippen molar-refractivity contribution in [3.63, 3.8) is 0 Å². The van der Waals surface area contributed by atoms with Crippen LogP contribution in [-0.4, -0.2) is 41.8 Å². The molecule has 7 nitrogen and oxygen atoms in total. The maximum atomic E-state index is 12.7. The van der Waals surface area contributed by atoms with E-state index in [-0.39, 0.29) is 36.8 Å². The molecule has 2 amide bonds. The van der Waals surface area contributed by atoms with E-state index in [0.717, 1.165) is 24.0 Å². The lowest BCUT2D eigenvalue weighted by Gasteiger charge is -2.29. The third-order valence-corrected chi connectivity index (χ3v) is 6.81. The zero-order chi connectivity index (χ0) is 24.8. The topological polar surface area (TPSA) is 105 Å². The molecule has 0 saturated heterocycles. The van der Waals surface area contributed by atoms with Crippen LogP contribution in [0.1, 0.15) is 56.1 Å². The Hall–Kier alpha value is -3.79. The second kappa shape index (κ2) is 11.1. The van der Waals surface area contributed by atoms with Gasteiger partial charge in [-0.1, -0.05) is 55.0 Å². The highest BCUT2D eigenvalue weighted by molar-refractivity contribution is 5.85. The number of benzene rings is 2. The largest absolute Gasteiger partial charge is 0.480 e. The molecular formula is C28H30N2O5. The third-order valence-electron chi connectivity index (χ3n) is 6.81. The van der Waals surface area contributed by atoms with Crippen LogP contribution in [0.3, 0.4) is 0 Å². The smallest absolute Gasteiger partial charge is 0.407 e. The van der Waals surface area contributed by atoms with Crippen LogP contribution in [0.2, 0.25) is 0 Å². The van der Waals surface area contributed by atoms with Gasteiger partial charge in [0.1, 0.15) is 12.6 Å². The number of nitrogens with one attached hydrogen (secondary N) is 2. The summed E-state index contributed by atoms with van der Waals surface area (Å²) in [5.74, 6) is 3.56. The molecule has 2 aromatic carbocycles. The van der Waals surface area contributed by atoms with Crippen LogP contribution in [-0.2, 0) is 14.3 Å². The number of amides is 2. The van der Waals surface area contributed by atoms with Gasteiger partial charge in [0.05, 0.1) is 0 Å². The second-order valence-corrected chi connectivity index (χ2v) is 9.06. The van der Waals surface area contributed by atoms with Crippen molar-refractivity contribution in [1.29, 1.82) is 0 Å². The summed E-state index contributed by atoms with van der Waals surface area (Å²) in [7, 11) is 0. The first-order valence-corrected chi connectivity index (χ1v) is 12.0. The summed E-state index contributed by atoms with van der Waals surface area (Å²) in [6.07, 6.45) is 2.17. The zero-order valence-electron chi connectivity index (χ0n) is 19.8. The molecule has 2 aliphatic carbocycles. The van der Waals surface area contributed by atoms with Crippen molar-refractivity contribution in [1.82, 2.24) is 10.6 Å². The van der Waals surface area contributed by atoms with Gasteiger partial charge < -0.3 is 20.5 Å². The highest BCUT2D eigenvalue weighted by Crippen LogP contribution is 2.44. The van der Waals surface area contributed by atoms with Crippen LogP contribution in [0.5, 0.6) is 0 Å². The standard InChI is InChI=1S/C28H30N2O5/c1-2-3-15-25(27(32)33)30-26(31)18-9-8-10-19(16-18)29-28(34)35-17-24-22-13-6-4-11-20(22)21-12-5-7-14-23(21)24/h4-7,11-14,18-19,24-25H,8-10,15-17H2,1H3,(H,29,34)(H,30,31)(H,32,33)/t18-,19+,25?/m0/s1. The van der Waals surface area contributed by atoms with Gasteiger partial charge in [0.15, 0.2) is 0 Å². The summed E-state index contributed by atoms with van der Waals surface area (Å²) >= 11 is 0. The maximum Gasteiger partial charge on any atom is 0.407 e. The number of aliphatic carboxylic acids is 1. The van der Waals surface area contributed by atoms with E-state index in [2.05, 4.69) is 46.7 Å². The lowest BCUT2D eigenvalue weighted by Crippen LogP contribution is -2.47. The van der Waals surface area contributed by atoms with Crippen LogP contribution in [0.15, 0.2) is 48.5 Å². The summed E-state index contributed by atoms with van der Waals surface area (Å²) in [5, 5.41) is 14.8. The number of ether oxygens (including phenoxy) is 1. The number of carbonyl (C=O) groups is 3. The van der Waals surface area contributed by atoms with Crippen molar-refractivity contribution >= 4 is 18.0 Å². The first-order chi connectivity index (χ1) is 17.0. The van der Waals surface area contributed by atoms with Gasteiger partial charge in [-0.05, 0) is 48.4 Å². The average molecular weight is 475 g/mol. The second-order valence-electron chi connectivity index (χ2n) is 9.06. The van der Waals surface area contributed by atoms with Crippen LogP contribution < -0.4 is 10.6 Å². The highest BCUT2D eigenvalue weighted by Gasteiger charge is 2.32. The van der Waals surface area contributed by atoms with E-state index in [0.29, 0.717) is 12.8 Å². The van der Waals surface area contributed by atoms with E-state index in [1.807, 2.05) is 24.3 Å². The van der Waals surface area contributed by atoms with Crippen molar-refractivity contribution in [3.05, 3.63) is 59.7 Å². The molecule has 0 spiro atoms. The first kappa shape index (κ1) is 24.3. The van der Waals surface area contributed by atoms with Gasteiger partial charge in [-0.2, -0.15) is 0 Å². The summed E-state index contributed by atoms with van der Waals surface area (Å²) in [6.45, 7) is 1.86. The van der Waals surface area contributed by atoms with Gasteiger partial charge in [0.25, 0.3) is 0 Å². The maximum absolute atomic E-state index is 12.7. The molecule has 1 saturated carbocycles. The van der Waals surface area contributed by atoms with Crippen molar-refractivity contribution in [2.75, 3.05) is 6.61 Å². The van der Waals surface area contributed by atoms with E-state index < -0.39 is 18.1 Å². The molecule has 4 rings (SSSR count). The minimum atomic E-state index is -1.11. The molecule has 1 fully saturated rings. The lowest BCUT2D eigenvalue weighted by molar-refractivity contribution is -0.142. The fourth-order valence-electron chi connectivity index (χ4n) is 5.06. The zero-order valence-corrected chi connectivity index (χ0v) is 19.8. The molecule has 0 heterocycles. The van der Waals surface area contributed by atoms with Gasteiger partial charge in [0, 0.05) is 24.3 Å². The molecule has 0 aromatic heterocycles. The number of fused-ring (bicyclic) bond motifs is 3. The van der Waals surface area contributed by atoms with Crippen LogP contribution in [0.25, 0.3) is 11.1 Å². The highest BCUT2D eigenvalue weighted by atomic mass is 16.5. The number of alkyl carbamates (subject to hydrolysis) is 1. The summed E-state index contributed by atoms with van der Waals surface area (Å²) < 4.78 is 5.63. The minimum absolute atomic E-state index is 0.0165. The van der Waals surface area contributed by atoms with Gasteiger partial charge in [-0.25, -0.2) is 9.59 Å². The van der Waals surface area contributed by atoms with Crippen LogP contribution >= 0.6 is 0 Å². The fourth-order valence-corrected chi connectivity index (χ4v) is 5.06. The Labute approximate surface area is 205 Å². The van der Waals surface area contributed by atoms with Crippen molar-refractivity contribution < 1.29 is 24.2 Å². The van der Waals surface area contributed by atoms with Crippen LogP contribution in [0.4, 0.5) is 4.79 Å². The number of carbonyl (C=O) groups excluding carboxylic acids is 2. The number of carboxylic acid groups (broad SMARTS) is 1. The molecule has 2 aromatic rings. The van der Waals surface area contributed by atoms with E-state index in [1.165, 1.54) is 11.1 Å². The predicted octanol–water partition coefficient (Wildman–Crippen LogP) is 4.07. The molecule has 0 radical (unpaired) electrons. The average Bonchev–Trinajstić information content (AvgIpc) is 3.19. The molecule has 35 heavy (non-hydrogen) atoms. The Morgan fingerprint density at radius 3 is 2.34 bits per heavy atom. The Morgan fingerprint density at radius 1 is 1.06 bits per heavy atom. The number of carboxylic acids is 1. The van der Waals surface area contributed by atoms with Gasteiger partial charge >= 0.3 is 12.1 Å². The Balaban J connectivity index is 1.31. The molecule has 7 heteroatoms. The SMILES string of the molecule is CC#CCC(NC(=O)[C@H]1CCC[C@@H](NC(=O)OCC2c3ccccc3-c3ccccc32)C1)C(=O)O. The quantitative estimate of drug-likeness (QED) is 0.525.